The van der Waals surface area contributed by atoms with Crippen molar-refractivity contribution >= 4 is 22.6 Å². The molecule has 0 atom stereocenters. The average Bonchev–Trinajstić information content (AvgIpc) is 3.30. The maximum atomic E-state index is 6.41. The number of halogens is 1. The van der Waals surface area contributed by atoms with Crippen LogP contribution in [0, 0.1) is 6.92 Å². The van der Waals surface area contributed by atoms with E-state index >= 15 is 0 Å². The van der Waals surface area contributed by atoms with Gasteiger partial charge in [-0.25, -0.2) is 0 Å². The number of benzene rings is 1. The average molecular weight is 276 g/mol. The van der Waals surface area contributed by atoms with Crippen LogP contribution in [-0.2, 0) is 6.54 Å². The molecule has 1 aromatic carbocycles. The Morgan fingerprint density at radius 2 is 2.05 bits per heavy atom. The van der Waals surface area contributed by atoms with E-state index in [0.717, 1.165) is 28.3 Å². The number of hydrogen-bond acceptors (Lipinski definition) is 2. The monoisotopic (exact) mass is 275 g/mol. The Morgan fingerprint density at radius 3 is 2.74 bits per heavy atom. The molecule has 2 aliphatic rings. The lowest BCUT2D eigenvalue weighted by Gasteiger charge is -2.03. The maximum absolute atomic E-state index is 6.41. The number of rotatable bonds is 4. The van der Waals surface area contributed by atoms with E-state index in [0.29, 0.717) is 12.0 Å². The van der Waals surface area contributed by atoms with Gasteiger partial charge in [-0.15, -0.1) is 0 Å². The van der Waals surface area contributed by atoms with Gasteiger partial charge in [0.25, 0.3) is 0 Å². The van der Waals surface area contributed by atoms with E-state index in [2.05, 4.69) is 12.2 Å². The van der Waals surface area contributed by atoms with Crippen LogP contribution >= 0.6 is 11.6 Å². The number of fused-ring (bicyclic) bond motifs is 1. The summed E-state index contributed by atoms with van der Waals surface area (Å²) in [5.74, 6) is 1.78. The Balaban J connectivity index is 1.83. The van der Waals surface area contributed by atoms with Gasteiger partial charge in [0.1, 0.15) is 11.3 Å². The molecule has 0 bridgehead atoms. The molecule has 1 N–H and O–H groups in total. The molecule has 2 nitrogen and oxygen atoms in total. The molecule has 0 unspecified atom stereocenters. The van der Waals surface area contributed by atoms with E-state index in [9.17, 15) is 0 Å². The van der Waals surface area contributed by atoms with Gasteiger partial charge in [0.2, 0.25) is 0 Å². The molecule has 100 valence electrons. The quantitative estimate of drug-likeness (QED) is 0.887. The lowest BCUT2D eigenvalue weighted by atomic mass is 10.0. The summed E-state index contributed by atoms with van der Waals surface area (Å²) in [5, 5.41) is 5.56. The Hall–Kier alpha value is -0.990. The zero-order chi connectivity index (χ0) is 13.0. The topological polar surface area (TPSA) is 25.2 Å². The Bertz CT molecular complexity index is 638. The molecule has 0 radical (unpaired) electrons. The van der Waals surface area contributed by atoms with E-state index in [4.69, 9.17) is 16.0 Å². The summed E-state index contributed by atoms with van der Waals surface area (Å²) in [7, 11) is 0. The fraction of sp³-hybridized carbons (Fsp3) is 0.500. The van der Waals surface area contributed by atoms with Gasteiger partial charge in [-0.05, 0) is 50.2 Å². The molecule has 2 fully saturated rings. The summed E-state index contributed by atoms with van der Waals surface area (Å²) in [6.07, 6.45) is 5.15. The summed E-state index contributed by atoms with van der Waals surface area (Å²) < 4.78 is 6.14. The van der Waals surface area contributed by atoms with Crippen LogP contribution in [0.3, 0.4) is 0 Å². The maximum Gasteiger partial charge on any atom is 0.139 e. The van der Waals surface area contributed by atoms with E-state index in [1.807, 2.05) is 12.1 Å². The van der Waals surface area contributed by atoms with Crippen molar-refractivity contribution < 1.29 is 4.42 Å². The van der Waals surface area contributed by atoms with Gasteiger partial charge < -0.3 is 9.73 Å². The lowest BCUT2D eigenvalue weighted by molar-refractivity contribution is 0.505. The molecule has 0 aliphatic heterocycles. The van der Waals surface area contributed by atoms with Crippen LogP contribution < -0.4 is 5.32 Å². The van der Waals surface area contributed by atoms with Gasteiger partial charge in [0.15, 0.2) is 0 Å². The Kier molecular flexibility index (Phi) is 2.64. The predicted molar refractivity (Wildman–Crippen MR) is 77.8 cm³/mol. The molecule has 2 saturated carbocycles. The molecule has 19 heavy (non-hydrogen) atoms. The van der Waals surface area contributed by atoms with E-state index in [1.54, 1.807) is 0 Å². The van der Waals surface area contributed by atoms with Gasteiger partial charge in [-0.3, -0.25) is 0 Å². The minimum atomic E-state index is 0.663. The first-order valence-electron chi connectivity index (χ1n) is 7.18. The van der Waals surface area contributed by atoms with Gasteiger partial charge in [-0.1, -0.05) is 17.7 Å². The number of furan rings is 1. The van der Waals surface area contributed by atoms with Crippen molar-refractivity contribution in [1.82, 2.24) is 5.32 Å². The van der Waals surface area contributed by atoms with E-state index in [-0.39, 0.29) is 0 Å². The minimum absolute atomic E-state index is 0.663. The molecule has 3 heteroatoms. The zero-order valence-electron chi connectivity index (χ0n) is 11.1. The summed E-state index contributed by atoms with van der Waals surface area (Å²) in [6.45, 7) is 2.94. The van der Waals surface area contributed by atoms with Crippen LogP contribution in [0.4, 0.5) is 0 Å². The van der Waals surface area contributed by atoms with Crippen LogP contribution in [0.2, 0.25) is 5.02 Å². The first kappa shape index (κ1) is 11.8. The normalized spacial score (nSPS) is 19.3. The molecular formula is C16H18ClNO. The second-order valence-electron chi connectivity index (χ2n) is 5.94. The molecule has 4 rings (SSSR count). The van der Waals surface area contributed by atoms with Crippen molar-refractivity contribution in [3.63, 3.8) is 0 Å². The fourth-order valence-corrected chi connectivity index (χ4v) is 3.07. The van der Waals surface area contributed by atoms with E-state index < -0.39 is 0 Å². The van der Waals surface area contributed by atoms with Gasteiger partial charge >= 0.3 is 0 Å². The summed E-state index contributed by atoms with van der Waals surface area (Å²) >= 11 is 6.41. The molecule has 1 aromatic heterocycles. The highest BCUT2D eigenvalue weighted by molar-refractivity contribution is 6.35. The summed E-state index contributed by atoms with van der Waals surface area (Å²) in [4.78, 5) is 0. The first-order chi connectivity index (χ1) is 9.24. The van der Waals surface area contributed by atoms with Crippen LogP contribution in [0.15, 0.2) is 16.5 Å². The van der Waals surface area contributed by atoms with Crippen molar-refractivity contribution in [3.05, 3.63) is 34.0 Å². The molecule has 0 amide bonds. The summed E-state index contributed by atoms with van der Waals surface area (Å²) in [5.41, 5.74) is 3.54. The summed E-state index contributed by atoms with van der Waals surface area (Å²) in [6, 6.07) is 4.75. The highest BCUT2D eigenvalue weighted by Crippen LogP contribution is 2.48. The second kappa shape index (κ2) is 4.26. The third kappa shape index (κ3) is 2.07. The van der Waals surface area contributed by atoms with Crippen LogP contribution in [-0.4, -0.2) is 6.04 Å². The predicted octanol–water partition coefficient (Wildman–Crippen LogP) is 4.52. The number of nitrogens with one attached hydrogen (secondary N) is 1. The van der Waals surface area contributed by atoms with Crippen LogP contribution in [0.5, 0.6) is 0 Å². The Morgan fingerprint density at radius 1 is 1.26 bits per heavy atom. The molecule has 2 aromatic rings. The molecule has 0 saturated heterocycles. The van der Waals surface area contributed by atoms with Gasteiger partial charge in [0, 0.05) is 17.0 Å². The van der Waals surface area contributed by atoms with Gasteiger partial charge in [0.05, 0.1) is 11.6 Å². The van der Waals surface area contributed by atoms with Gasteiger partial charge in [-0.2, -0.15) is 0 Å². The SMILES string of the molecule is Cc1ccc(Cl)c2c(C3CC3)c(CNC3CC3)oc12. The van der Waals surface area contributed by atoms with Crippen LogP contribution in [0.1, 0.15) is 48.5 Å². The standard InChI is InChI=1S/C16H18ClNO/c1-9-2-7-12(17)15-14(10-3-4-10)13(19-16(9)15)8-18-11-5-6-11/h2,7,10-11,18H,3-6,8H2,1H3. The van der Waals surface area contributed by atoms with Crippen molar-refractivity contribution in [2.45, 2.75) is 51.1 Å². The first-order valence-corrected chi connectivity index (χ1v) is 7.55. The van der Waals surface area contributed by atoms with Crippen LogP contribution in [0.25, 0.3) is 11.0 Å². The van der Waals surface area contributed by atoms with Crippen molar-refractivity contribution in [2.24, 2.45) is 0 Å². The Labute approximate surface area is 118 Å². The zero-order valence-corrected chi connectivity index (χ0v) is 11.9. The second-order valence-corrected chi connectivity index (χ2v) is 6.34. The molecule has 2 aliphatic carbocycles. The van der Waals surface area contributed by atoms with Crippen molar-refractivity contribution in [3.8, 4) is 0 Å². The largest absolute Gasteiger partial charge is 0.459 e. The number of hydrogen-bond donors (Lipinski definition) is 1. The highest BCUT2D eigenvalue weighted by atomic mass is 35.5. The fourth-order valence-electron chi connectivity index (χ4n) is 2.82. The van der Waals surface area contributed by atoms with Crippen molar-refractivity contribution in [2.75, 3.05) is 0 Å². The third-order valence-electron chi connectivity index (χ3n) is 4.21. The number of aryl methyl sites for hydroxylation is 1. The van der Waals surface area contributed by atoms with E-state index in [1.165, 1.54) is 36.8 Å². The highest BCUT2D eigenvalue weighted by Gasteiger charge is 2.32. The minimum Gasteiger partial charge on any atom is -0.459 e. The molecule has 1 heterocycles. The molecule has 0 spiro atoms. The molecular weight excluding hydrogens is 258 g/mol. The van der Waals surface area contributed by atoms with Crippen molar-refractivity contribution in [1.29, 1.82) is 0 Å². The third-order valence-corrected chi connectivity index (χ3v) is 4.53. The lowest BCUT2D eigenvalue weighted by Crippen LogP contribution is -2.15. The smallest absolute Gasteiger partial charge is 0.139 e.